The van der Waals surface area contributed by atoms with Crippen molar-refractivity contribution in [1.82, 2.24) is 4.83 Å². The maximum atomic E-state index is 12.8. The zero-order valence-corrected chi connectivity index (χ0v) is 14.9. The fraction of sp³-hybridized carbons (Fsp3) is 0.105. The highest BCUT2D eigenvalue weighted by Gasteiger charge is 2.31. The van der Waals surface area contributed by atoms with Gasteiger partial charge in [0.2, 0.25) is 0 Å². The number of hydrogen-bond donors (Lipinski definition) is 2. The number of benzene rings is 3. The van der Waals surface area contributed by atoms with Crippen LogP contribution in [0.2, 0.25) is 0 Å². The molecule has 1 heterocycles. The molecule has 4 rings (SSSR count). The second-order valence-electron chi connectivity index (χ2n) is 5.96. The van der Waals surface area contributed by atoms with Gasteiger partial charge in [-0.1, -0.05) is 30.3 Å². The lowest BCUT2D eigenvalue weighted by molar-refractivity contribution is 0.0994. The molecular formula is C19H17N3O3S. The van der Waals surface area contributed by atoms with Gasteiger partial charge in [-0.3, -0.25) is 4.79 Å². The number of carbonyl (C=O) groups excluding carboxylic acids is 1. The lowest BCUT2D eigenvalue weighted by atomic mass is 10.1. The number of rotatable bonds is 5. The summed E-state index contributed by atoms with van der Waals surface area (Å²) in [5, 5.41) is 1.22. The average molecular weight is 367 g/mol. The quantitative estimate of drug-likeness (QED) is 0.679. The van der Waals surface area contributed by atoms with Crippen molar-refractivity contribution in [2.75, 3.05) is 16.9 Å². The Balaban J connectivity index is 1.79. The molecule has 0 atom stereocenters. The normalized spacial score (nSPS) is 13.4. The predicted molar refractivity (Wildman–Crippen MR) is 102 cm³/mol. The zero-order valence-electron chi connectivity index (χ0n) is 14.1. The molecule has 7 heteroatoms. The van der Waals surface area contributed by atoms with Crippen LogP contribution in [0.15, 0.2) is 65.6 Å². The number of amides is 1. The molecule has 0 unspecified atom stereocenters. The second kappa shape index (κ2) is 6.12. The second-order valence-corrected chi connectivity index (χ2v) is 7.61. The Bertz CT molecular complexity index is 1110. The van der Waals surface area contributed by atoms with E-state index >= 15 is 0 Å². The third kappa shape index (κ3) is 2.53. The Morgan fingerprint density at radius 3 is 2.46 bits per heavy atom. The molecule has 0 spiro atoms. The number of anilines is 2. The van der Waals surface area contributed by atoms with E-state index in [0.717, 1.165) is 5.69 Å². The molecule has 1 aliphatic heterocycles. The molecular weight excluding hydrogens is 350 g/mol. The highest BCUT2D eigenvalue weighted by Crippen LogP contribution is 2.39. The molecule has 1 amide bonds. The van der Waals surface area contributed by atoms with Gasteiger partial charge in [-0.25, -0.2) is 8.42 Å². The summed E-state index contributed by atoms with van der Waals surface area (Å²) in [5.74, 6) is -0.0991. The van der Waals surface area contributed by atoms with E-state index in [-0.39, 0.29) is 10.8 Å². The first kappa shape index (κ1) is 16.6. The smallest absolute Gasteiger partial charge is 0.258 e. The molecule has 0 saturated carbocycles. The summed E-state index contributed by atoms with van der Waals surface area (Å²) < 4.78 is 25.6. The highest BCUT2D eigenvalue weighted by atomic mass is 32.2. The molecule has 132 valence electrons. The molecule has 0 aliphatic carbocycles. The number of hydrazine groups is 1. The topological polar surface area (TPSA) is 78.5 Å². The minimum Gasteiger partial charge on any atom is -0.308 e. The number of nitrogens with one attached hydrogen (secondary N) is 2. The van der Waals surface area contributed by atoms with E-state index in [4.69, 9.17) is 0 Å². The van der Waals surface area contributed by atoms with E-state index < -0.39 is 10.0 Å². The van der Waals surface area contributed by atoms with Crippen molar-refractivity contribution in [1.29, 1.82) is 0 Å². The number of hydrogen-bond acceptors (Lipinski definition) is 4. The lowest BCUT2D eigenvalue weighted by Crippen LogP contribution is -2.29. The summed E-state index contributed by atoms with van der Waals surface area (Å²) in [6.45, 7) is 2.42. The van der Waals surface area contributed by atoms with E-state index in [9.17, 15) is 13.2 Å². The van der Waals surface area contributed by atoms with Crippen LogP contribution in [0.3, 0.4) is 0 Å². The predicted octanol–water partition coefficient (Wildman–Crippen LogP) is 3.13. The Morgan fingerprint density at radius 2 is 1.73 bits per heavy atom. The standard InChI is InChI=1S/C19H17N3O3S/c1-2-22-16-11-12-17(14-9-6-10-15(18(14)16)19(22)23)26(24,25)21-20-13-7-4-3-5-8-13/h3-12,20-21H,2H2,1H3. The van der Waals surface area contributed by atoms with Crippen LogP contribution in [-0.4, -0.2) is 20.9 Å². The molecule has 0 radical (unpaired) electrons. The lowest BCUT2D eigenvalue weighted by Gasteiger charge is -2.16. The van der Waals surface area contributed by atoms with Crippen LogP contribution in [0.1, 0.15) is 17.3 Å². The number of sulfonamides is 1. The summed E-state index contributed by atoms with van der Waals surface area (Å²) >= 11 is 0. The first-order valence-corrected chi connectivity index (χ1v) is 9.71. The minimum atomic E-state index is -3.82. The van der Waals surface area contributed by atoms with Gasteiger partial charge in [0.25, 0.3) is 15.9 Å². The zero-order chi connectivity index (χ0) is 18.3. The van der Waals surface area contributed by atoms with Crippen LogP contribution < -0.4 is 15.2 Å². The van der Waals surface area contributed by atoms with Gasteiger partial charge in [-0.15, -0.1) is 4.83 Å². The van der Waals surface area contributed by atoms with Gasteiger partial charge in [-0.2, -0.15) is 0 Å². The number of nitrogens with zero attached hydrogens (tertiary/aromatic N) is 1. The van der Waals surface area contributed by atoms with Gasteiger partial charge < -0.3 is 10.3 Å². The molecule has 26 heavy (non-hydrogen) atoms. The molecule has 0 aromatic heterocycles. The Hall–Kier alpha value is -2.90. The Kier molecular flexibility index (Phi) is 3.90. The fourth-order valence-electron chi connectivity index (χ4n) is 3.27. The molecule has 2 N–H and O–H groups in total. The molecule has 1 aliphatic rings. The molecule has 3 aromatic carbocycles. The van der Waals surface area contributed by atoms with Gasteiger partial charge in [0, 0.05) is 28.6 Å². The molecule has 0 saturated heterocycles. The summed E-state index contributed by atoms with van der Waals surface area (Å²) in [6.07, 6.45) is 0. The van der Waals surface area contributed by atoms with Gasteiger partial charge in [0.1, 0.15) is 0 Å². The van der Waals surface area contributed by atoms with Crippen molar-refractivity contribution in [2.24, 2.45) is 0 Å². The van der Waals surface area contributed by atoms with Crippen molar-refractivity contribution >= 4 is 38.1 Å². The van der Waals surface area contributed by atoms with E-state index in [1.165, 1.54) is 6.07 Å². The van der Waals surface area contributed by atoms with Crippen molar-refractivity contribution in [3.63, 3.8) is 0 Å². The van der Waals surface area contributed by atoms with Gasteiger partial charge in [0.15, 0.2) is 0 Å². The molecule has 0 bridgehead atoms. The van der Waals surface area contributed by atoms with E-state index in [1.807, 2.05) is 13.0 Å². The van der Waals surface area contributed by atoms with Gasteiger partial charge >= 0.3 is 0 Å². The first-order valence-electron chi connectivity index (χ1n) is 8.23. The largest absolute Gasteiger partial charge is 0.308 e. The third-order valence-corrected chi connectivity index (χ3v) is 5.76. The summed E-state index contributed by atoms with van der Waals surface area (Å²) in [4.78, 5) is 16.7. The third-order valence-electron chi connectivity index (χ3n) is 4.45. The summed E-state index contributed by atoms with van der Waals surface area (Å²) in [7, 11) is -3.82. The maximum absolute atomic E-state index is 12.8. The van der Waals surface area contributed by atoms with Crippen LogP contribution in [-0.2, 0) is 10.0 Å². The number of carbonyl (C=O) groups is 1. The summed E-state index contributed by atoms with van der Waals surface area (Å²) in [5.41, 5.74) is 4.62. The molecule has 3 aromatic rings. The van der Waals surface area contributed by atoms with Crippen LogP contribution in [0.4, 0.5) is 11.4 Å². The maximum Gasteiger partial charge on any atom is 0.258 e. The average Bonchev–Trinajstić information content (AvgIpc) is 2.94. The summed E-state index contributed by atoms with van der Waals surface area (Å²) in [6, 6.07) is 17.4. The van der Waals surface area contributed by atoms with Gasteiger partial charge in [-0.05, 0) is 37.3 Å². The van der Waals surface area contributed by atoms with Crippen LogP contribution in [0, 0.1) is 0 Å². The van der Waals surface area contributed by atoms with E-state index in [1.54, 1.807) is 53.4 Å². The molecule has 6 nitrogen and oxygen atoms in total. The van der Waals surface area contributed by atoms with Crippen molar-refractivity contribution < 1.29 is 13.2 Å². The van der Waals surface area contributed by atoms with E-state index in [0.29, 0.717) is 28.6 Å². The molecule has 0 fully saturated rings. The van der Waals surface area contributed by atoms with E-state index in [2.05, 4.69) is 10.3 Å². The van der Waals surface area contributed by atoms with Gasteiger partial charge in [0.05, 0.1) is 10.6 Å². The SMILES string of the molecule is CCN1C(=O)c2cccc3c(S(=O)(=O)NNc4ccccc4)ccc1c23. The van der Waals surface area contributed by atoms with Crippen LogP contribution >= 0.6 is 0 Å². The van der Waals surface area contributed by atoms with Crippen LogP contribution in [0.5, 0.6) is 0 Å². The highest BCUT2D eigenvalue weighted by molar-refractivity contribution is 7.89. The number of para-hydroxylation sites is 1. The minimum absolute atomic E-state index is 0.0991. The monoisotopic (exact) mass is 367 g/mol. The Labute approximate surface area is 151 Å². The van der Waals surface area contributed by atoms with Crippen LogP contribution in [0.25, 0.3) is 10.8 Å². The first-order chi connectivity index (χ1) is 12.5. The van der Waals surface area contributed by atoms with Crippen molar-refractivity contribution in [2.45, 2.75) is 11.8 Å². The Morgan fingerprint density at radius 1 is 0.962 bits per heavy atom. The van der Waals surface area contributed by atoms with Crippen molar-refractivity contribution in [3.8, 4) is 0 Å². The van der Waals surface area contributed by atoms with Crippen molar-refractivity contribution in [3.05, 3.63) is 66.2 Å². The fourth-order valence-corrected chi connectivity index (χ4v) is 4.34.